The molecule has 4 aliphatic rings. The second-order valence-electron chi connectivity index (χ2n) is 12.2. The highest BCUT2D eigenvalue weighted by Gasteiger charge is 2.61. The lowest BCUT2D eigenvalue weighted by atomic mass is 9.95. The first-order valence-corrected chi connectivity index (χ1v) is 15.4. The van der Waals surface area contributed by atoms with Crippen molar-refractivity contribution < 1.29 is 32.3 Å². The minimum atomic E-state index is -3.77. The lowest BCUT2D eigenvalue weighted by Gasteiger charge is -2.30. The number of amides is 3. The zero-order valence-electron chi connectivity index (χ0n) is 22.7. The number of carbonyl (C=O) groups is 4. The summed E-state index contributed by atoms with van der Waals surface area (Å²) in [5.74, 6) is -2.76. The van der Waals surface area contributed by atoms with E-state index in [2.05, 4.69) is 10.0 Å². The fourth-order valence-electron chi connectivity index (χ4n) is 5.49. The summed E-state index contributed by atoms with van der Waals surface area (Å²) >= 11 is 0. The minimum absolute atomic E-state index is 0.0473. The van der Waals surface area contributed by atoms with E-state index in [0.29, 0.717) is 45.1 Å². The molecule has 11 heteroatoms. The van der Waals surface area contributed by atoms with E-state index in [9.17, 15) is 27.6 Å². The van der Waals surface area contributed by atoms with Gasteiger partial charge in [-0.15, -0.1) is 0 Å². The lowest BCUT2D eigenvalue weighted by Crippen LogP contribution is -2.57. The monoisotopic (exact) mass is 551 g/mol. The molecule has 4 unspecified atom stereocenters. The fraction of sp³-hybridized carbons (Fsp3) is 0.778. The first kappa shape index (κ1) is 28.6. The Balaban J connectivity index is 1.54. The zero-order valence-corrected chi connectivity index (χ0v) is 23.5. The number of allylic oxidation sites excluding steroid dienone is 1. The van der Waals surface area contributed by atoms with Crippen LogP contribution in [-0.2, 0) is 33.9 Å². The molecule has 2 aliphatic heterocycles. The third-order valence-corrected chi connectivity index (χ3v) is 9.60. The molecule has 2 saturated carbocycles. The minimum Gasteiger partial charge on any atom is -0.460 e. The Hall–Kier alpha value is -2.43. The van der Waals surface area contributed by atoms with Gasteiger partial charge in [-0.3, -0.25) is 23.9 Å². The van der Waals surface area contributed by atoms with Gasteiger partial charge in [-0.05, 0) is 72.1 Å². The third-order valence-electron chi connectivity index (χ3n) is 7.78. The molecule has 2 heterocycles. The molecule has 10 nitrogen and oxygen atoms in total. The van der Waals surface area contributed by atoms with Crippen LogP contribution in [0.1, 0.15) is 91.4 Å². The summed E-state index contributed by atoms with van der Waals surface area (Å²) in [4.78, 5) is 54.5. The topological polar surface area (TPSA) is 139 Å². The van der Waals surface area contributed by atoms with Crippen molar-refractivity contribution in [1.29, 1.82) is 0 Å². The van der Waals surface area contributed by atoms with Gasteiger partial charge >= 0.3 is 5.97 Å². The Bertz CT molecular complexity index is 1090. The number of sulfonamides is 1. The highest BCUT2D eigenvalue weighted by Crippen LogP contribution is 2.46. The summed E-state index contributed by atoms with van der Waals surface area (Å²) in [7, 11) is -3.77. The summed E-state index contributed by atoms with van der Waals surface area (Å²) in [6.07, 6.45) is 10.1. The predicted molar refractivity (Wildman–Crippen MR) is 140 cm³/mol. The van der Waals surface area contributed by atoms with Crippen LogP contribution in [0.5, 0.6) is 0 Å². The van der Waals surface area contributed by atoms with E-state index >= 15 is 0 Å². The molecule has 0 aromatic carbocycles. The molecule has 0 aromatic heterocycles. The Labute approximate surface area is 225 Å². The van der Waals surface area contributed by atoms with Gasteiger partial charge in [0.2, 0.25) is 21.8 Å². The number of hydrogen-bond donors (Lipinski definition) is 2. The molecule has 0 aromatic rings. The molecule has 3 fully saturated rings. The van der Waals surface area contributed by atoms with Crippen molar-refractivity contribution in [3.05, 3.63) is 12.2 Å². The number of carbonyl (C=O) groups excluding carboxylic acids is 4. The molecule has 212 valence electrons. The van der Waals surface area contributed by atoms with E-state index in [0.717, 1.165) is 25.7 Å². The van der Waals surface area contributed by atoms with Gasteiger partial charge in [-0.2, -0.15) is 0 Å². The van der Waals surface area contributed by atoms with E-state index in [1.165, 1.54) is 4.90 Å². The Kier molecular flexibility index (Phi) is 8.26. The summed E-state index contributed by atoms with van der Waals surface area (Å²) in [5, 5.41) is 2.29. The van der Waals surface area contributed by atoms with Gasteiger partial charge in [0.25, 0.3) is 5.91 Å². The van der Waals surface area contributed by atoms with Crippen molar-refractivity contribution in [2.24, 2.45) is 11.8 Å². The molecule has 4 atom stereocenters. The van der Waals surface area contributed by atoms with Crippen LogP contribution in [0.25, 0.3) is 0 Å². The normalized spacial score (nSPS) is 30.8. The smallest absolute Gasteiger partial charge is 0.307 e. The van der Waals surface area contributed by atoms with Crippen molar-refractivity contribution in [3.8, 4) is 0 Å². The van der Waals surface area contributed by atoms with Gasteiger partial charge < -0.3 is 15.0 Å². The molecule has 0 bridgehead atoms. The molecule has 38 heavy (non-hydrogen) atoms. The maximum Gasteiger partial charge on any atom is 0.307 e. The molecule has 2 N–H and O–H groups in total. The maximum atomic E-state index is 13.7. The molecule has 0 radical (unpaired) electrons. The number of hydrogen-bond acceptors (Lipinski definition) is 7. The quantitative estimate of drug-likeness (QED) is 0.395. The molecule has 1 saturated heterocycles. The largest absolute Gasteiger partial charge is 0.460 e. The molecular weight excluding hydrogens is 510 g/mol. The number of fused-ring (bicyclic) bond motifs is 2. The highest BCUT2D eigenvalue weighted by atomic mass is 32.2. The maximum absolute atomic E-state index is 13.7. The molecule has 0 spiro atoms. The second kappa shape index (κ2) is 11.0. The summed E-state index contributed by atoms with van der Waals surface area (Å²) in [5.41, 5.74) is -2.01. The number of nitrogens with zero attached hydrogens (tertiary/aromatic N) is 1. The second-order valence-corrected chi connectivity index (χ2v) is 14.2. The summed E-state index contributed by atoms with van der Waals surface area (Å²) in [6, 6.07) is -0.774. The van der Waals surface area contributed by atoms with Crippen LogP contribution >= 0.6 is 0 Å². The molecular formula is C27H41N3O7S. The number of rotatable bonds is 5. The Morgan fingerprint density at radius 1 is 1.11 bits per heavy atom. The highest BCUT2D eigenvalue weighted by molar-refractivity contribution is 7.91. The van der Waals surface area contributed by atoms with Crippen LogP contribution in [0.3, 0.4) is 0 Å². The number of nitrogens with one attached hydrogen (secondary N) is 2. The average Bonchev–Trinajstić information content (AvgIpc) is 3.72. The van der Waals surface area contributed by atoms with Crippen molar-refractivity contribution in [2.75, 3.05) is 6.54 Å². The van der Waals surface area contributed by atoms with E-state index in [-0.39, 0.29) is 18.2 Å². The number of esters is 1. The van der Waals surface area contributed by atoms with E-state index in [1.807, 2.05) is 12.2 Å². The van der Waals surface area contributed by atoms with Crippen molar-refractivity contribution in [2.45, 2.75) is 114 Å². The molecule has 4 rings (SSSR count). The van der Waals surface area contributed by atoms with Crippen LogP contribution in [-0.4, -0.2) is 66.0 Å². The fourth-order valence-corrected chi connectivity index (χ4v) is 6.86. The van der Waals surface area contributed by atoms with Crippen LogP contribution in [0.2, 0.25) is 0 Å². The SMILES string of the molecule is CC(C)(C)OC(=O)CC1CCCCCC=CC2CC2(C(=O)NS(=O)(=O)C2CC2)NC(=O)C2CCCN2C1=O. The molecule has 3 amide bonds. The van der Waals surface area contributed by atoms with E-state index in [1.54, 1.807) is 20.8 Å². The van der Waals surface area contributed by atoms with E-state index < -0.39 is 56.2 Å². The van der Waals surface area contributed by atoms with Gasteiger partial charge in [-0.1, -0.05) is 25.0 Å². The van der Waals surface area contributed by atoms with Crippen molar-refractivity contribution in [1.82, 2.24) is 14.9 Å². The summed E-state index contributed by atoms with van der Waals surface area (Å²) < 4.78 is 32.6. The zero-order chi connectivity index (χ0) is 27.7. The van der Waals surface area contributed by atoms with Gasteiger partial charge in [0, 0.05) is 18.4 Å². The first-order chi connectivity index (χ1) is 17.8. The lowest BCUT2D eigenvalue weighted by molar-refractivity contribution is -0.159. The van der Waals surface area contributed by atoms with Crippen LogP contribution < -0.4 is 10.0 Å². The number of ether oxygens (including phenoxy) is 1. The van der Waals surface area contributed by atoms with E-state index in [4.69, 9.17) is 4.74 Å². The van der Waals surface area contributed by atoms with Gasteiger partial charge in [-0.25, -0.2) is 8.42 Å². The summed E-state index contributed by atoms with van der Waals surface area (Å²) in [6.45, 7) is 5.74. The Morgan fingerprint density at radius 2 is 1.84 bits per heavy atom. The van der Waals surface area contributed by atoms with Crippen molar-refractivity contribution >= 4 is 33.7 Å². The standard InChI is InChI=1S/C27H41N3O7S/c1-26(2,3)37-22(31)16-18-10-7-5-4-6-8-11-19-17-27(19,25(34)29-38(35,36)20-13-14-20)28-23(32)21-12-9-15-30(21)24(18)33/h8,11,18-21H,4-7,9-10,12-17H2,1-3H3,(H,28,32)(H,29,34). The first-order valence-electron chi connectivity index (χ1n) is 13.9. The van der Waals surface area contributed by atoms with Gasteiger partial charge in [0.15, 0.2) is 0 Å². The van der Waals surface area contributed by atoms with Crippen LogP contribution in [0.4, 0.5) is 0 Å². The van der Waals surface area contributed by atoms with Gasteiger partial charge in [0.1, 0.15) is 17.2 Å². The van der Waals surface area contributed by atoms with Crippen LogP contribution in [0, 0.1) is 11.8 Å². The average molecular weight is 552 g/mol. The third kappa shape index (κ3) is 6.76. The molecule has 2 aliphatic carbocycles. The van der Waals surface area contributed by atoms with Gasteiger partial charge in [0.05, 0.1) is 11.7 Å². The van der Waals surface area contributed by atoms with Crippen LogP contribution in [0.15, 0.2) is 12.2 Å². The Morgan fingerprint density at radius 3 is 2.53 bits per heavy atom. The predicted octanol–water partition coefficient (Wildman–Crippen LogP) is 2.33. The van der Waals surface area contributed by atoms with Crippen molar-refractivity contribution in [3.63, 3.8) is 0 Å².